The second-order valence-corrected chi connectivity index (χ2v) is 14.6. The molecular weight excluding hydrogens is 719 g/mol. The highest BCUT2D eigenvalue weighted by Crippen LogP contribution is 2.46. The van der Waals surface area contributed by atoms with Gasteiger partial charge in [-0.2, -0.15) is 0 Å². The van der Waals surface area contributed by atoms with Gasteiger partial charge in [0.25, 0.3) is 0 Å². The molecule has 1 heterocycles. The molecule has 1 atom stereocenters. The van der Waals surface area contributed by atoms with Crippen LogP contribution in [0.3, 0.4) is 0 Å². The van der Waals surface area contributed by atoms with E-state index in [1.807, 2.05) is 25.2 Å². The summed E-state index contributed by atoms with van der Waals surface area (Å²) < 4.78 is 0.539. The van der Waals surface area contributed by atoms with Gasteiger partial charge < -0.3 is 10.7 Å². The summed E-state index contributed by atoms with van der Waals surface area (Å²) in [5, 5.41) is 10.1. The fourth-order valence-electron chi connectivity index (χ4n) is 7.55. The lowest BCUT2D eigenvalue weighted by Crippen LogP contribution is -1.95. The molecule has 0 amide bonds. The van der Waals surface area contributed by atoms with Crippen LogP contribution in [0.25, 0.3) is 82.2 Å². The van der Waals surface area contributed by atoms with Crippen LogP contribution in [0.2, 0.25) is 0 Å². The highest BCUT2D eigenvalue weighted by molar-refractivity contribution is 14.1. The predicted octanol–water partition coefficient (Wildman–Crippen LogP) is 13.8. The van der Waals surface area contributed by atoms with E-state index in [1.54, 1.807) is 0 Å². The van der Waals surface area contributed by atoms with Crippen LogP contribution < -0.4 is 5.73 Å². The lowest BCUT2D eigenvalue weighted by molar-refractivity contribution is 0.800. The number of aromatic amines is 1. The van der Waals surface area contributed by atoms with Crippen molar-refractivity contribution < 1.29 is 0 Å². The third-order valence-electron chi connectivity index (χ3n) is 9.95. The van der Waals surface area contributed by atoms with Gasteiger partial charge in [0, 0.05) is 15.7 Å². The van der Waals surface area contributed by atoms with Gasteiger partial charge in [0.2, 0.25) is 0 Å². The van der Waals surface area contributed by atoms with Crippen molar-refractivity contribution in [3.63, 3.8) is 0 Å². The number of halogens is 1. The van der Waals surface area contributed by atoms with E-state index in [2.05, 4.69) is 168 Å². The number of fused-ring (bicyclic) bond motifs is 4. The van der Waals surface area contributed by atoms with Gasteiger partial charge >= 0.3 is 0 Å². The van der Waals surface area contributed by atoms with Crippen LogP contribution in [0.5, 0.6) is 0 Å². The third-order valence-corrected chi connectivity index (χ3v) is 11.3. The Morgan fingerprint density at radius 2 is 1.26 bits per heavy atom. The summed E-state index contributed by atoms with van der Waals surface area (Å²) in [6, 6.07) is 47.4. The zero-order chi connectivity index (χ0) is 34.2. The summed E-state index contributed by atoms with van der Waals surface area (Å²) in [5.74, 6) is 0. The maximum absolute atomic E-state index is 6.38. The molecule has 0 spiro atoms. The number of hydrogen-bond acceptors (Lipinski definition) is 1. The van der Waals surface area contributed by atoms with Gasteiger partial charge in [0.15, 0.2) is 0 Å². The zero-order valence-electron chi connectivity index (χ0n) is 28.4. The second-order valence-electron chi connectivity index (χ2n) is 13.1. The molecule has 0 aliphatic heterocycles. The fraction of sp³-hybridized carbons (Fsp3) is 0.106. The van der Waals surface area contributed by atoms with Gasteiger partial charge in [0.05, 0.1) is 11.4 Å². The van der Waals surface area contributed by atoms with E-state index < -0.39 is 0 Å². The maximum atomic E-state index is 6.38. The molecule has 8 aromatic rings. The molecule has 1 aromatic heterocycles. The van der Waals surface area contributed by atoms with Gasteiger partial charge in [-0.05, 0) is 108 Å². The third kappa shape index (κ3) is 5.70. The van der Waals surface area contributed by atoms with Crippen molar-refractivity contribution in [1.29, 1.82) is 0 Å². The van der Waals surface area contributed by atoms with Crippen LogP contribution in [0.15, 0.2) is 152 Å². The molecule has 0 saturated carbocycles. The predicted molar refractivity (Wildman–Crippen MR) is 226 cm³/mol. The number of H-pyrrole nitrogens is 1. The van der Waals surface area contributed by atoms with Crippen molar-refractivity contribution in [3.05, 3.63) is 163 Å². The first kappa shape index (κ1) is 32.1. The van der Waals surface area contributed by atoms with Gasteiger partial charge in [0.1, 0.15) is 0 Å². The molecule has 0 bridgehead atoms. The Morgan fingerprint density at radius 3 is 1.94 bits per heavy atom. The van der Waals surface area contributed by atoms with E-state index in [1.165, 1.54) is 89.3 Å². The Labute approximate surface area is 307 Å². The molecule has 0 radical (unpaired) electrons. The SMILES string of the molecule is C/C=C\C=C(/N)c1cc(-c2cccc3c(-c4c5ccccc5c(-c5ccc6cc(C(I)CCC)ccc6c5)c5ccccc45)cccc23)c[nH]1. The van der Waals surface area contributed by atoms with Crippen LogP contribution in [0, 0.1) is 0 Å². The Bertz CT molecular complexity index is 2550. The summed E-state index contributed by atoms with van der Waals surface area (Å²) >= 11 is 2.59. The molecule has 0 aliphatic carbocycles. The average molecular weight is 759 g/mol. The first-order valence-electron chi connectivity index (χ1n) is 17.5. The molecule has 244 valence electrons. The summed E-state index contributed by atoms with van der Waals surface area (Å²) in [5.41, 5.74) is 16.7. The Balaban J connectivity index is 1.32. The Hall–Kier alpha value is -5.13. The number of rotatable bonds is 8. The molecule has 7 aromatic carbocycles. The van der Waals surface area contributed by atoms with E-state index in [4.69, 9.17) is 5.73 Å². The highest BCUT2D eigenvalue weighted by Gasteiger charge is 2.19. The summed E-state index contributed by atoms with van der Waals surface area (Å²) in [6.45, 7) is 4.25. The van der Waals surface area contributed by atoms with Crippen LogP contribution in [-0.4, -0.2) is 4.98 Å². The monoisotopic (exact) mass is 758 g/mol. The standard InChI is InChI=1S/C47H39IN2/c1-3-5-21-44(49)45-28-34(29-50-45)35-17-10-19-37-36(35)18-11-20-38(37)47-41-15-8-6-13-39(41)46(40-14-7-9-16-42(40)47)33-25-23-30-26-32(43(48)12-4-2)24-22-31(30)27-33/h3,5-11,13-29,43,50H,4,12,49H2,1-2H3/b5-3-,44-21-. The van der Waals surface area contributed by atoms with E-state index in [0.29, 0.717) is 9.62 Å². The molecule has 1 unspecified atom stereocenters. The van der Waals surface area contributed by atoms with Gasteiger partial charge in [-0.3, -0.25) is 0 Å². The van der Waals surface area contributed by atoms with Crippen LogP contribution >= 0.6 is 22.6 Å². The number of allylic oxidation sites excluding steroid dienone is 3. The number of nitrogens with one attached hydrogen (secondary N) is 1. The van der Waals surface area contributed by atoms with Crippen molar-refractivity contribution in [3.8, 4) is 33.4 Å². The molecule has 8 rings (SSSR count). The largest absolute Gasteiger partial charge is 0.397 e. The number of hydrogen-bond donors (Lipinski definition) is 2. The van der Waals surface area contributed by atoms with E-state index in [-0.39, 0.29) is 0 Å². The summed E-state index contributed by atoms with van der Waals surface area (Å²) in [6.07, 6.45) is 10.3. The fourth-order valence-corrected chi connectivity index (χ4v) is 8.56. The number of benzene rings is 7. The normalized spacial score (nSPS) is 12.9. The van der Waals surface area contributed by atoms with Gasteiger partial charge in [-0.1, -0.05) is 163 Å². The molecule has 0 aliphatic rings. The first-order valence-corrected chi connectivity index (χ1v) is 18.7. The van der Waals surface area contributed by atoms with Gasteiger partial charge in [-0.15, -0.1) is 0 Å². The Kier molecular flexibility index (Phi) is 8.76. The zero-order valence-corrected chi connectivity index (χ0v) is 30.5. The minimum atomic E-state index is 0.539. The minimum Gasteiger partial charge on any atom is -0.397 e. The summed E-state index contributed by atoms with van der Waals surface area (Å²) in [7, 11) is 0. The topological polar surface area (TPSA) is 41.8 Å². The van der Waals surface area contributed by atoms with Crippen molar-refractivity contribution in [2.45, 2.75) is 30.6 Å². The van der Waals surface area contributed by atoms with E-state index in [9.17, 15) is 0 Å². The lowest BCUT2D eigenvalue weighted by atomic mass is 9.84. The van der Waals surface area contributed by atoms with E-state index >= 15 is 0 Å². The molecule has 0 saturated heterocycles. The Morgan fingerprint density at radius 1 is 0.660 bits per heavy atom. The molecule has 3 heteroatoms. The molecule has 0 fully saturated rings. The van der Waals surface area contributed by atoms with Crippen LogP contribution in [0.4, 0.5) is 0 Å². The quantitative estimate of drug-likeness (QED) is 0.0689. The first-order chi connectivity index (χ1) is 24.6. The molecule has 50 heavy (non-hydrogen) atoms. The van der Waals surface area contributed by atoms with Gasteiger partial charge in [-0.25, -0.2) is 0 Å². The number of nitrogens with two attached hydrogens (primary N) is 1. The number of alkyl halides is 1. The molecule has 3 N–H and O–H groups in total. The van der Waals surface area contributed by atoms with Crippen molar-refractivity contribution in [2.24, 2.45) is 5.73 Å². The van der Waals surface area contributed by atoms with Crippen molar-refractivity contribution in [2.75, 3.05) is 0 Å². The maximum Gasteiger partial charge on any atom is 0.0620 e. The lowest BCUT2D eigenvalue weighted by Gasteiger charge is -2.19. The molecule has 2 nitrogen and oxygen atoms in total. The van der Waals surface area contributed by atoms with Crippen molar-refractivity contribution in [1.82, 2.24) is 4.98 Å². The average Bonchev–Trinajstić information content (AvgIpc) is 3.66. The summed E-state index contributed by atoms with van der Waals surface area (Å²) in [4.78, 5) is 3.39. The smallest absolute Gasteiger partial charge is 0.0620 e. The molecular formula is C47H39IN2. The minimum absolute atomic E-state index is 0.539. The van der Waals surface area contributed by atoms with Crippen LogP contribution in [0.1, 0.15) is 41.9 Å². The second kappa shape index (κ2) is 13.6. The number of aromatic nitrogens is 1. The van der Waals surface area contributed by atoms with Crippen LogP contribution in [-0.2, 0) is 0 Å². The van der Waals surface area contributed by atoms with E-state index in [0.717, 1.165) is 11.3 Å². The van der Waals surface area contributed by atoms with Crippen molar-refractivity contribution >= 4 is 71.4 Å². The highest BCUT2D eigenvalue weighted by atomic mass is 127.